The second-order valence-electron chi connectivity index (χ2n) is 9.57. The van der Waals surface area contributed by atoms with Gasteiger partial charge in [0.2, 0.25) is 0 Å². The van der Waals surface area contributed by atoms with Gasteiger partial charge in [0.25, 0.3) is 0 Å². The van der Waals surface area contributed by atoms with Gasteiger partial charge in [-0.2, -0.15) is 0 Å². The van der Waals surface area contributed by atoms with Crippen LogP contribution in [0.3, 0.4) is 0 Å². The van der Waals surface area contributed by atoms with Gasteiger partial charge in [0.05, 0.1) is 7.11 Å². The first-order valence-corrected chi connectivity index (χ1v) is 12.2. The summed E-state index contributed by atoms with van der Waals surface area (Å²) in [4.78, 5) is 0. The molecule has 0 saturated heterocycles. The summed E-state index contributed by atoms with van der Waals surface area (Å²) in [7, 11) is 1.65. The molecular formula is C30H35FO. The number of hydrogen-bond acceptors (Lipinski definition) is 1. The Labute approximate surface area is 193 Å². The van der Waals surface area contributed by atoms with Crippen LogP contribution in [0.4, 0.5) is 4.39 Å². The van der Waals surface area contributed by atoms with E-state index >= 15 is 4.39 Å². The third-order valence-corrected chi connectivity index (χ3v) is 7.58. The predicted octanol–water partition coefficient (Wildman–Crippen LogP) is 7.89. The van der Waals surface area contributed by atoms with E-state index < -0.39 is 0 Å². The number of rotatable bonds is 5. The van der Waals surface area contributed by atoms with Gasteiger partial charge < -0.3 is 4.74 Å². The maximum atomic E-state index is 15.0. The van der Waals surface area contributed by atoms with Crippen LogP contribution in [0.5, 0.6) is 5.75 Å². The molecular weight excluding hydrogens is 395 g/mol. The number of ether oxygens (including phenoxy) is 1. The molecule has 2 saturated carbocycles. The van der Waals surface area contributed by atoms with Crippen LogP contribution in [0.15, 0.2) is 54.6 Å². The molecule has 168 valence electrons. The van der Waals surface area contributed by atoms with E-state index in [0.717, 1.165) is 53.0 Å². The van der Waals surface area contributed by atoms with Gasteiger partial charge >= 0.3 is 0 Å². The summed E-state index contributed by atoms with van der Waals surface area (Å²) in [6.45, 7) is 2.11. The molecule has 32 heavy (non-hydrogen) atoms. The van der Waals surface area contributed by atoms with E-state index in [9.17, 15) is 0 Å². The van der Waals surface area contributed by atoms with E-state index in [1.54, 1.807) is 13.2 Å². The normalized spacial score (nSPS) is 25.1. The van der Waals surface area contributed by atoms with Gasteiger partial charge in [-0.05, 0) is 118 Å². The van der Waals surface area contributed by atoms with Crippen LogP contribution in [0.2, 0.25) is 0 Å². The van der Waals surface area contributed by atoms with E-state index in [1.807, 2.05) is 36.4 Å². The highest BCUT2D eigenvalue weighted by Crippen LogP contribution is 2.48. The van der Waals surface area contributed by atoms with Crippen molar-refractivity contribution in [1.29, 1.82) is 0 Å². The van der Waals surface area contributed by atoms with E-state index in [1.165, 1.54) is 38.5 Å². The van der Waals surface area contributed by atoms with Gasteiger partial charge in [-0.15, -0.1) is 0 Å². The second kappa shape index (κ2) is 10.9. The molecule has 0 aromatic heterocycles. The minimum absolute atomic E-state index is 0.0879. The zero-order valence-corrected chi connectivity index (χ0v) is 19.4. The molecule has 4 rings (SSSR count). The molecule has 2 aliphatic carbocycles. The van der Waals surface area contributed by atoms with E-state index in [2.05, 4.69) is 30.9 Å². The summed E-state index contributed by atoms with van der Waals surface area (Å²) in [5, 5.41) is 0. The SMILES string of the molecule is C/C=C/CCC1CCC2CC(c3ccc(C#Cc4ccc(OC)cc4)cc3F)CCC2C1. The average Bonchev–Trinajstić information content (AvgIpc) is 2.83. The molecule has 2 aliphatic rings. The first-order valence-electron chi connectivity index (χ1n) is 12.2. The third kappa shape index (κ3) is 5.63. The minimum Gasteiger partial charge on any atom is -0.497 e. The van der Waals surface area contributed by atoms with E-state index in [0.29, 0.717) is 5.92 Å². The molecule has 0 amide bonds. The molecule has 1 nitrogen and oxygen atoms in total. The molecule has 4 unspecified atom stereocenters. The van der Waals surface area contributed by atoms with Crippen molar-refractivity contribution in [3.05, 3.63) is 77.1 Å². The van der Waals surface area contributed by atoms with Crippen LogP contribution >= 0.6 is 0 Å². The van der Waals surface area contributed by atoms with Crippen LogP contribution in [-0.2, 0) is 0 Å². The first-order chi connectivity index (χ1) is 15.7. The second-order valence-corrected chi connectivity index (χ2v) is 9.57. The fourth-order valence-electron chi connectivity index (χ4n) is 5.78. The summed E-state index contributed by atoms with van der Waals surface area (Å²) < 4.78 is 20.2. The highest BCUT2D eigenvalue weighted by molar-refractivity contribution is 5.45. The number of benzene rings is 2. The van der Waals surface area contributed by atoms with Gasteiger partial charge in [-0.3, -0.25) is 0 Å². The molecule has 0 N–H and O–H groups in total. The van der Waals surface area contributed by atoms with Gasteiger partial charge in [0.1, 0.15) is 11.6 Å². The van der Waals surface area contributed by atoms with Crippen molar-refractivity contribution in [3.8, 4) is 17.6 Å². The lowest BCUT2D eigenvalue weighted by Crippen LogP contribution is -2.30. The summed E-state index contributed by atoms with van der Waals surface area (Å²) in [5.41, 5.74) is 2.53. The predicted molar refractivity (Wildman–Crippen MR) is 130 cm³/mol. The average molecular weight is 431 g/mol. The van der Waals surface area contributed by atoms with Gasteiger partial charge in [0.15, 0.2) is 0 Å². The Balaban J connectivity index is 1.36. The zero-order chi connectivity index (χ0) is 22.3. The molecule has 2 aromatic carbocycles. The Morgan fingerprint density at radius 2 is 1.66 bits per heavy atom. The monoisotopic (exact) mass is 430 g/mol. The molecule has 2 heteroatoms. The Hall–Kier alpha value is -2.53. The lowest BCUT2D eigenvalue weighted by atomic mass is 9.63. The number of methoxy groups -OCH3 is 1. The van der Waals surface area contributed by atoms with Crippen LogP contribution in [0.25, 0.3) is 0 Å². The fourth-order valence-corrected chi connectivity index (χ4v) is 5.78. The quantitative estimate of drug-likeness (QED) is 0.346. The first kappa shape index (κ1) is 22.7. The molecule has 4 atom stereocenters. The zero-order valence-electron chi connectivity index (χ0n) is 19.4. The van der Waals surface area contributed by atoms with Gasteiger partial charge in [-0.25, -0.2) is 4.39 Å². The maximum absolute atomic E-state index is 15.0. The number of allylic oxidation sites excluding steroid dienone is 2. The van der Waals surface area contributed by atoms with Crippen LogP contribution in [0, 0.1) is 35.4 Å². The smallest absolute Gasteiger partial charge is 0.127 e. The molecule has 0 radical (unpaired) electrons. The number of hydrogen-bond donors (Lipinski definition) is 0. The van der Waals surface area contributed by atoms with Crippen LogP contribution in [-0.4, -0.2) is 7.11 Å². The maximum Gasteiger partial charge on any atom is 0.127 e. The van der Waals surface area contributed by atoms with Gasteiger partial charge in [-0.1, -0.05) is 36.5 Å². The number of fused-ring (bicyclic) bond motifs is 1. The highest BCUT2D eigenvalue weighted by Gasteiger charge is 2.36. The van der Waals surface area contributed by atoms with Crippen molar-refractivity contribution >= 4 is 0 Å². The van der Waals surface area contributed by atoms with Crippen LogP contribution < -0.4 is 4.74 Å². The van der Waals surface area contributed by atoms with E-state index in [-0.39, 0.29) is 5.82 Å². The third-order valence-electron chi connectivity index (χ3n) is 7.58. The Morgan fingerprint density at radius 1 is 0.938 bits per heavy atom. The van der Waals surface area contributed by atoms with Crippen molar-refractivity contribution in [3.63, 3.8) is 0 Å². The lowest BCUT2D eigenvalue weighted by molar-refractivity contribution is 0.114. The summed E-state index contributed by atoms with van der Waals surface area (Å²) in [5.74, 6) is 9.83. The molecule has 0 bridgehead atoms. The van der Waals surface area contributed by atoms with Crippen molar-refractivity contribution in [2.75, 3.05) is 7.11 Å². The van der Waals surface area contributed by atoms with Crippen molar-refractivity contribution < 1.29 is 9.13 Å². The molecule has 0 aliphatic heterocycles. The summed E-state index contributed by atoms with van der Waals surface area (Å²) in [6.07, 6.45) is 14.6. The Bertz CT molecular complexity index is 978. The standard InChI is InChI=1S/C30H35FO/c1-3-4-5-6-23-9-13-26-21-27(15-14-25(26)19-23)29-18-12-24(20-30(29)31)8-7-22-10-16-28(32-2)17-11-22/h3-4,10-12,16-18,20,23,25-27H,5-6,9,13-15,19,21H2,1-2H3/b4-3+. The minimum atomic E-state index is -0.0879. The largest absolute Gasteiger partial charge is 0.497 e. The molecule has 0 spiro atoms. The van der Waals surface area contributed by atoms with E-state index in [4.69, 9.17) is 4.74 Å². The van der Waals surface area contributed by atoms with Gasteiger partial charge in [0, 0.05) is 11.1 Å². The molecule has 2 fully saturated rings. The highest BCUT2D eigenvalue weighted by atomic mass is 19.1. The van der Waals surface area contributed by atoms with Crippen molar-refractivity contribution in [1.82, 2.24) is 0 Å². The van der Waals surface area contributed by atoms with Crippen molar-refractivity contribution in [2.24, 2.45) is 17.8 Å². The molecule has 0 heterocycles. The Morgan fingerprint density at radius 3 is 2.41 bits per heavy atom. The van der Waals surface area contributed by atoms with Crippen LogP contribution in [0.1, 0.15) is 80.9 Å². The summed E-state index contributed by atoms with van der Waals surface area (Å²) in [6, 6.07) is 13.2. The Kier molecular flexibility index (Phi) is 7.69. The molecule has 2 aromatic rings. The topological polar surface area (TPSA) is 9.23 Å². The van der Waals surface area contributed by atoms with Crippen molar-refractivity contribution in [2.45, 2.75) is 64.2 Å². The summed E-state index contributed by atoms with van der Waals surface area (Å²) >= 11 is 0. The number of halogens is 1. The lowest BCUT2D eigenvalue weighted by Gasteiger charge is -2.42. The fraction of sp³-hybridized carbons (Fsp3) is 0.467.